The van der Waals surface area contributed by atoms with Gasteiger partial charge in [0.25, 0.3) is 0 Å². The van der Waals surface area contributed by atoms with Crippen molar-refractivity contribution in [2.45, 2.75) is 0 Å². The summed E-state index contributed by atoms with van der Waals surface area (Å²) in [5.41, 5.74) is 5.14. The summed E-state index contributed by atoms with van der Waals surface area (Å²) in [5, 5.41) is 7.26. The Labute approximate surface area is 265 Å². The first-order valence-electron chi connectivity index (χ1n) is 14.9. The van der Waals surface area contributed by atoms with E-state index in [0.29, 0.717) is 17.5 Å². The molecule has 0 spiro atoms. The second-order valence-electron chi connectivity index (χ2n) is 11.1. The zero-order valence-corrected chi connectivity index (χ0v) is 25.8. The normalized spacial score (nSPS) is 11.6. The first-order valence-corrected chi connectivity index (χ1v) is 16.6. The van der Waals surface area contributed by atoms with Crippen LogP contribution in [0.25, 0.3) is 86.4 Å². The van der Waals surface area contributed by atoms with Crippen molar-refractivity contribution in [2.24, 2.45) is 0 Å². The monoisotopic (exact) mass is 640 g/mol. The molecule has 0 atom stereocenters. The molecule has 5 heteroatoms. The molecular formula is C40H24N4Se. The van der Waals surface area contributed by atoms with Crippen LogP contribution in [-0.2, 0) is 0 Å². The van der Waals surface area contributed by atoms with Crippen LogP contribution in [0, 0.1) is 0 Å². The van der Waals surface area contributed by atoms with Gasteiger partial charge in [-0.1, -0.05) is 24.3 Å². The number of hydrogen-bond donors (Lipinski definition) is 0. The minimum atomic E-state index is 0.101. The number of benzene rings is 7. The standard InChI is InChI=1S/C40H24N4Se/c1-3-10-27(11-4-1)37-42-38(30-19-21-33-29(23-30)17-15-25-9-7-8-14-32(25)33)44-39(43-37)31-18-16-26-20-22-35-36(34(26)24-31)45-40(41-35)28-12-5-2-6-13-28/h1-24H. The number of fused-ring (bicyclic) bond motifs is 6. The fourth-order valence-electron chi connectivity index (χ4n) is 6.05. The Morgan fingerprint density at radius 3 is 1.71 bits per heavy atom. The predicted molar refractivity (Wildman–Crippen MR) is 186 cm³/mol. The summed E-state index contributed by atoms with van der Waals surface area (Å²) in [4.78, 5) is 20.1. The third-order valence-electron chi connectivity index (χ3n) is 8.32. The molecule has 0 N–H and O–H groups in total. The molecule has 0 aliphatic carbocycles. The van der Waals surface area contributed by atoms with Crippen LogP contribution in [-0.4, -0.2) is 34.4 Å². The zero-order chi connectivity index (χ0) is 29.7. The molecule has 0 saturated carbocycles. The van der Waals surface area contributed by atoms with E-state index >= 15 is 0 Å². The van der Waals surface area contributed by atoms with E-state index in [1.54, 1.807) is 0 Å². The van der Waals surface area contributed by atoms with Gasteiger partial charge in [0.15, 0.2) is 0 Å². The van der Waals surface area contributed by atoms with Crippen LogP contribution in [0.2, 0.25) is 0 Å². The molecule has 210 valence electrons. The number of nitrogens with zero attached hydrogens (tertiary/aromatic N) is 4. The molecule has 0 unspecified atom stereocenters. The molecule has 2 aromatic heterocycles. The van der Waals surface area contributed by atoms with E-state index in [-0.39, 0.29) is 14.5 Å². The quantitative estimate of drug-likeness (QED) is 0.142. The Morgan fingerprint density at radius 2 is 0.911 bits per heavy atom. The topological polar surface area (TPSA) is 51.6 Å². The summed E-state index contributed by atoms with van der Waals surface area (Å²) in [6.45, 7) is 0. The van der Waals surface area contributed by atoms with E-state index in [1.165, 1.54) is 36.8 Å². The predicted octanol–water partition coefficient (Wildman–Crippen LogP) is 9.60. The van der Waals surface area contributed by atoms with Crippen molar-refractivity contribution in [3.63, 3.8) is 0 Å². The van der Waals surface area contributed by atoms with Gasteiger partial charge in [0.1, 0.15) is 0 Å². The van der Waals surface area contributed by atoms with Gasteiger partial charge in [-0.05, 0) is 5.39 Å². The van der Waals surface area contributed by atoms with Crippen LogP contribution in [0.1, 0.15) is 0 Å². The molecule has 9 aromatic rings. The first-order chi connectivity index (χ1) is 22.3. The third-order valence-corrected chi connectivity index (χ3v) is 10.7. The van der Waals surface area contributed by atoms with Crippen molar-refractivity contribution in [1.82, 2.24) is 19.9 Å². The van der Waals surface area contributed by atoms with Crippen molar-refractivity contribution in [3.05, 3.63) is 146 Å². The van der Waals surface area contributed by atoms with Gasteiger partial charge in [-0.15, -0.1) is 0 Å². The summed E-state index contributed by atoms with van der Waals surface area (Å²) in [6, 6.07) is 50.8. The van der Waals surface area contributed by atoms with E-state index in [4.69, 9.17) is 19.9 Å². The zero-order valence-electron chi connectivity index (χ0n) is 24.1. The molecule has 0 fully saturated rings. The van der Waals surface area contributed by atoms with Crippen LogP contribution < -0.4 is 0 Å². The third kappa shape index (κ3) is 4.61. The van der Waals surface area contributed by atoms with Gasteiger partial charge < -0.3 is 0 Å². The fraction of sp³-hybridized carbons (Fsp3) is 0. The van der Waals surface area contributed by atoms with Crippen LogP contribution >= 0.6 is 0 Å². The molecule has 2 heterocycles. The van der Waals surface area contributed by atoms with E-state index in [9.17, 15) is 0 Å². The van der Waals surface area contributed by atoms with Gasteiger partial charge >= 0.3 is 237 Å². The number of hydrogen-bond acceptors (Lipinski definition) is 4. The Hall–Kier alpha value is -5.48. The van der Waals surface area contributed by atoms with Gasteiger partial charge in [-0.2, -0.15) is 0 Å². The van der Waals surface area contributed by atoms with Gasteiger partial charge in [0.2, 0.25) is 0 Å². The molecule has 9 rings (SSSR count). The Balaban J connectivity index is 1.22. The van der Waals surface area contributed by atoms with Crippen molar-refractivity contribution in [1.29, 1.82) is 0 Å². The molecule has 4 nitrogen and oxygen atoms in total. The molecule has 0 radical (unpaired) electrons. The van der Waals surface area contributed by atoms with Crippen molar-refractivity contribution >= 4 is 56.6 Å². The molecule has 7 aromatic carbocycles. The molecular weight excluding hydrogens is 615 g/mol. The van der Waals surface area contributed by atoms with Crippen molar-refractivity contribution < 1.29 is 0 Å². The van der Waals surface area contributed by atoms with E-state index < -0.39 is 0 Å². The van der Waals surface area contributed by atoms with Crippen LogP contribution in [0.4, 0.5) is 0 Å². The summed E-state index contributed by atoms with van der Waals surface area (Å²) in [5.74, 6) is 1.98. The van der Waals surface area contributed by atoms with Crippen LogP contribution in [0.3, 0.4) is 0 Å². The van der Waals surface area contributed by atoms with Crippen molar-refractivity contribution in [3.8, 4) is 44.3 Å². The SMILES string of the molecule is c1ccc(-c2nc(-c3ccc4c(ccc5ccccc54)c3)nc(-c3ccc4ccc5nc(-c6ccccc6)[se]c5c4c3)n2)cc1. The van der Waals surface area contributed by atoms with Gasteiger partial charge in [0.05, 0.1) is 0 Å². The molecule has 0 aliphatic rings. The second kappa shape index (κ2) is 10.6. The van der Waals surface area contributed by atoms with E-state index in [1.807, 2.05) is 36.4 Å². The minimum absolute atomic E-state index is 0.101. The average Bonchev–Trinajstić information content (AvgIpc) is 3.57. The molecule has 0 amide bonds. The summed E-state index contributed by atoms with van der Waals surface area (Å²) < 4.78 is 2.47. The molecule has 45 heavy (non-hydrogen) atoms. The summed E-state index contributed by atoms with van der Waals surface area (Å²) in [6.07, 6.45) is 0. The van der Waals surface area contributed by atoms with E-state index in [2.05, 4.69) is 109 Å². The average molecular weight is 640 g/mol. The van der Waals surface area contributed by atoms with Gasteiger partial charge in [-0.25, -0.2) is 0 Å². The van der Waals surface area contributed by atoms with Gasteiger partial charge in [0, 0.05) is 0 Å². The molecule has 0 aliphatic heterocycles. The number of rotatable bonds is 4. The summed E-state index contributed by atoms with van der Waals surface area (Å²) >= 11 is 0.101. The second-order valence-corrected chi connectivity index (χ2v) is 13.2. The Morgan fingerprint density at radius 1 is 0.356 bits per heavy atom. The number of aromatic nitrogens is 4. The van der Waals surface area contributed by atoms with Crippen molar-refractivity contribution in [2.75, 3.05) is 0 Å². The van der Waals surface area contributed by atoms with Crippen LogP contribution in [0.15, 0.2) is 146 Å². The first kappa shape index (κ1) is 26.0. The summed E-state index contributed by atoms with van der Waals surface area (Å²) in [7, 11) is 0. The van der Waals surface area contributed by atoms with Gasteiger partial charge in [-0.3, -0.25) is 0 Å². The fourth-order valence-corrected chi connectivity index (χ4v) is 8.35. The van der Waals surface area contributed by atoms with Crippen LogP contribution in [0.5, 0.6) is 0 Å². The molecule has 0 saturated heterocycles. The van der Waals surface area contributed by atoms with E-state index in [0.717, 1.165) is 32.2 Å². The maximum atomic E-state index is 5.09. The Bertz CT molecular complexity index is 2540. The maximum absolute atomic E-state index is 5.09. The molecule has 0 bridgehead atoms. The Kier molecular flexibility index (Phi) is 6.12.